The van der Waals surface area contributed by atoms with Crippen molar-refractivity contribution >= 4 is 24.3 Å². The summed E-state index contributed by atoms with van der Waals surface area (Å²) in [6.45, 7) is -0.542. The summed E-state index contributed by atoms with van der Waals surface area (Å²) >= 11 is 0. The minimum Gasteiger partial charge on any atom is -0.468 e. The molecule has 1 aromatic carbocycles. The monoisotopic (exact) mass is 249 g/mol. The van der Waals surface area contributed by atoms with Crippen LogP contribution in [0.25, 0.3) is 0 Å². The molecule has 0 spiro atoms. The van der Waals surface area contributed by atoms with E-state index < -0.39 is 5.97 Å². The van der Waals surface area contributed by atoms with E-state index in [2.05, 4.69) is 14.9 Å². The number of benzene rings is 1. The second-order valence-corrected chi connectivity index (χ2v) is 3.97. The van der Waals surface area contributed by atoms with Crippen molar-refractivity contribution in [2.24, 2.45) is 0 Å². The summed E-state index contributed by atoms with van der Waals surface area (Å²) in [5.74, 6) is -0.879. The van der Waals surface area contributed by atoms with Gasteiger partial charge in [-0.25, -0.2) is 0 Å². The summed E-state index contributed by atoms with van der Waals surface area (Å²) in [6, 6.07) is 5.11. The maximum Gasteiger partial charge on any atom is 0.377 e. The molecule has 7 heteroatoms. The van der Waals surface area contributed by atoms with Crippen LogP contribution < -0.4 is 10.8 Å². The number of methoxy groups -OCH3 is 1. The molecular weight excluding hydrogens is 237 g/mol. The first-order chi connectivity index (χ1) is 8.65. The molecule has 18 heavy (non-hydrogen) atoms. The molecule has 0 saturated heterocycles. The Morgan fingerprint density at radius 2 is 2.28 bits per heavy atom. The highest BCUT2D eigenvalue weighted by Gasteiger charge is 2.33. The molecule has 1 aromatic rings. The van der Waals surface area contributed by atoms with E-state index in [1.54, 1.807) is 18.2 Å². The van der Waals surface area contributed by atoms with Gasteiger partial charge in [0.2, 0.25) is 0 Å². The van der Waals surface area contributed by atoms with E-state index in [4.69, 9.17) is 5.26 Å². The van der Waals surface area contributed by atoms with Crippen LogP contribution in [0, 0.1) is 0 Å². The predicted molar refractivity (Wildman–Crippen MR) is 63.6 cm³/mol. The highest BCUT2D eigenvalue weighted by atomic mass is 17.1. The lowest BCUT2D eigenvalue weighted by Gasteiger charge is -2.24. The number of rotatable bonds is 4. The number of esters is 1. The Balaban J connectivity index is 2.03. The third kappa shape index (κ3) is 2.37. The number of ether oxygens (including phenoxy) is 1. The van der Waals surface area contributed by atoms with E-state index in [9.17, 15) is 9.59 Å². The minimum absolute atomic E-state index is 0.174. The number of carbonyl (C=O) groups excluding carboxylic acids is 2. The number of nitrogens with one attached hydrogen (secondary N) is 1. The van der Waals surface area contributed by atoms with Crippen LogP contribution in [0.15, 0.2) is 18.2 Å². The molecule has 0 unspecified atom stereocenters. The molecule has 0 aliphatic carbocycles. The molecular formula is C11H12BNO5. The second kappa shape index (κ2) is 5.20. The van der Waals surface area contributed by atoms with E-state index >= 15 is 0 Å². The summed E-state index contributed by atoms with van der Waals surface area (Å²) in [6.07, 6.45) is 0.635. The van der Waals surface area contributed by atoms with E-state index in [-0.39, 0.29) is 19.4 Å². The number of hydrogen-bond acceptors (Lipinski definition) is 5. The molecule has 1 heterocycles. The van der Waals surface area contributed by atoms with Crippen LogP contribution >= 0.6 is 0 Å². The Hall–Kier alpha value is -1.86. The van der Waals surface area contributed by atoms with Gasteiger partial charge in [0.05, 0.1) is 7.11 Å². The van der Waals surface area contributed by atoms with Gasteiger partial charge in [0.1, 0.15) is 6.54 Å². The Labute approximate surface area is 104 Å². The summed E-state index contributed by atoms with van der Waals surface area (Å²) in [5, 5.41) is 11.0. The maximum absolute atomic E-state index is 11.7. The molecule has 0 fully saturated rings. The van der Waals surface area contributed by atoms with Gasteiger partial charge in [-0.2, -0.15) is 0 Å². The van der Waals surface area contributed by atoms with Crippen molar-refractivity contribution < 1.29 is 24.4 Å². The zero-order chi connectivity index (χ0) is 13.1. The number of fused-ring (bicyclic) bond motifs is 1. The van der Waals surface area contributed by atoms with Crippen molar-refractivity contribution in [2.45, 2.75) is 6.32 Å². The number of carbonyl (C=O) groups is 2. The Morgan fingerprint density at radius 1 is 1.50 bits per heavy atom. The fraction of sp³-hybridized carbons (Fsp3) is 0.273. The summed E-state index contributed by atoms with van der Waals surface area (Å²) in [7, 11) is 1.25. The topological polar surface area (TPSA) is 84.9 Å². The van der Waals surface area contributed by atoms with Crippen LogP contribution in [-0.4, -0.2) is 37.7 Å². The van der Waals surface area contributed by atoms with E-state index in [0.29, 0.717) is 11.9 Å². The van der Waals surface area contributed by atoms with E-state index in [0.717, 1.165) is 11.0 Å². The van der Waals surface area contributed by atoms with Gasteiger partial charge in [-0.05, 0) is 17.8 Å². The number of hydrogen-bond donors (Lipinski definition) is 2. The van der Waals surface area contributed by atoms with Crippen LogP contribution in [-0.2, 0) is 20.7 Å². The summed E-state index contributed by atoms with van der Waals surface area (Å²) in [4.78, 5) is 26.9. The standard InChI is InChI=1S/C11H12BNO5/c1-17-10(14)6-13-11(15)7-2-3-8-5-12(18-16)9(8)4-7/h2-4,16H,5-6H2,1H3,(H,13,15). The minimum atomic E-state index is -0.510. The summed E-state index contributed by atoms with van der Waals surface area (Å²) in [5.41, 5.74) is 2.25. The molecule has 6 nitrogen and oxygen atoms in total. The van der Waals surface area contributed by atoms with Crippen LogP contribution in [0.5, 0.6) is 0 Å². The van der Waals surface area contributed by atoms with Crippen molar-refractivity contribution in [3.63, 3.8) is 0 Å². The lowest BCUT2D eigenvalue weighted by atomic mass is 9.45. The quantitative estimate of drug-likeness (QED) is 0.321. The lowest BCUT2D eigenvalue weighted by molar-refractivity contribution is -0.143. The van der Waals surface area contributed by atoms with Crippen molar-refractivity contribution in [1.82, 2.24) is 5.32 Å². The maximum atomic E-state index is 11.7. The molecule has 0 atom stereocenters. The fourth-order valence-electron chi connectivity index (χ4n) is 1.82. The zero-order valence-electron chi connectivity index (χ0n) is 9.80. The van der Waals surface area contributed by atoms with Gasteiger partial charge in [-0.15, -0.1) is 0 Å². The van der Waals surface area contributed by atoms with Crippen LogP contribution in [0.3, 0.4) is 0 Å². The Morgan fingerprint density at radius 3 is 2.94 bits per heavy atom. The molecule has 94 valence electrons. The van der Waals surface area contributed by atoms with E-state index in [1.165, 1.54) is 7.11 Å². The molecule has 2 rings (SSSR count). The molecule has 1 aliphatic rings. The third-order valence-electron chi connectivity index (χ3n) is 2.91. The SMILES string of the molecule is COC(=O)CNC(=O)c1ccc2c(c1)B(OO)C2. The predicted octanol–water partition coefficient (Wildman–Crippen LogP) is -0.627. The number of amides is 1. The lowest BCUT2D eigenvalue weighted by Crippen LogP contribution is -2.48. The van der Waals surface area contributed by atoms with Crippen LogP contribution in [0.2, 0.25) is 0 Å². The molecule has 1 amide bonds. The first-order valence-corrected chi connectivity index (χ1v) is 5.43. The Bertz CT molecular complexity index is 490. The molecule has 0 radical (unpaired) electrons. The van der Waals surface area contributed by atoms with Gasteiger partial charge in [0.25, 0.3) is 5.91 Å². The van der Waals surface area contributed by atoms with Gasteiger partial charge in [0, 0.05) is 5.56 Å². The molecule has 0 saturated carbocycles. The highest BCUT2D eigenvalue weighted by molar-refractivity contribution is 6.71. The smallest absolute Gasteiger partial charge is 0.377 e. The zero-order valence-corrected chi connectivity index (χ0v) is 9.80. The van der Waals surface area contributed by atoms with Gasteiger partial charge < -0.3 is 14.9 Å². The largest absolute Gasteiger partial charge is 0.468 e. The second-order valence-electron chi connectivity index (χ2n) is 3.97. The van der Waals surface area contributed by atoms with Gasteiger partial charge in [-0.3, -0.25) is 14.8 Å². The summed E-state index contributed by atoms with van der Waals surface area (Å²) < 4.78 is 4.42. The van der Waals surface area contributed by atoms with Crippen molar-refractivity contribution in [2.75, 3.05) is 13.7 Å². The average molecular weight is 249 g/mol. The molecule has 2 N–H and O–H groups in total. The van der Waals surface area contributed by atoms with Crippen LogP contribution in [0.1, 0.15) is 15.9 Å². The van der Waals surface area contributed by atoms with Crippen molar-refractivity contribution in [3.05, 3.63) is 29.3 Å². The molecule has 1 aliphatic heterocycles. The Kier molecular flexibility index (Phi) is 3.64. The van der Waals surface area contributed by atoms with Crippen molar-refractivity contribution in [3.8, 4) is 0 Å². The van der Waals surface area contributed by atoms with Gasteiger partial charge in [-0.1, -0.05) is 17.7 Å². The van der Waals surface area contributed by atoms with Crippen molar-refractivity contribution in [1.29, 1.82) is 0 Å². The normalized spacial score (nSPS) is 12.4. The van der Waals surface area contributed by atoms with Crippen LogP contribution in [0.4, 0.5) is 0 Å². The highest BCUT2D eigenvalue weighted by Crippen LogP contribution is 2.14. The third-order valence-corrected chi connectivity index (χ3v) is 2.91. The first kappa shape index (κ1) is 12.6. The molecule has 0 aromatic heterocycles. The molecule has 0 bridgehead atoms. The fourth-order valence-corrected chi connectivity index (χ4v) is 1.82. The average Bonchev–Trinajstić information content (AvgIpc) is 2.37. The van der Waals surface area contributed by atoms with Gasteiger partial charge in [0.15, 0.2) is 0 Å². The first-order valence-electron chi connectivity index (χ1n) is 5.43. The van der Waals surface area contributed by atoms with E-state index in [1.807, 2.05) is 0 Å². The van der Waals surface area contributed by atoms with Gasteiger partial charge >= 0.3 is 12.9 Å².